The van der Waals surface area contributed by atoms with Gasteiger partial charge < -0.3 is 4.98 Å². The van der Waals surface area contributed by atoms with Crippen molar-refractivity contribution in [1.29, 1.82) is 0 Å². The van der Waals surface area contributed by atoms with Crippen LogP contribution in [0.4, 0.5) is 0 Å². The molecule has 0 saturated carbocycles. The van der Waals surface area contributed by atoms with Crippen LogP contribution < -0.4 is 5.56 Å². The molecule has 0 radical (unpaired) electrons. The second-order valence-corrected chi connectivity index (χ2v) is 4.40. The van der Waals surface area contributed by atoms with Crippen LogP contribution in [0.2, 0.25) is 0 Å². The molecule has 3 aromatic heterocycles. The Bertz CT molecular complexity index is 685. The summed E-state index contributed by atoms with van der Waals surface area (Å²) in [7, 11) is 0. The van der Waals surface area contributed by atoms with Crippen molar-refractivity contribution in [1.82, 2.24) is 9.97 Å². The zero-order chi connectivity index (χ0) is 11.0. The minimum absolute atomic E-state index is 0.0439. The monoisotopic (exact) mass is 228 g/mol. The van der Waals surface area contributed by atoms with Gasteiger partial charge in [0.05, 0.1) is 11.1 Å². The third kappa shape index (κ3) is 1.44. The first-order chi connectivity index (χ1) is 7.84. The molecule has 0 saturated heterocycles. The first-order valence-electron chi connectivity index (χ1n) is 4.85. The molecule has 4 heteroatoms. The summed E-state index contributed by atoms with van der Waals surface area (Å²) in [5.41, 5.74) is 1.69. The van der Waals surface area contributed by atoms with E-state index in [-0.39, 0.29) is 5.56 Å². The molecule has 0 unspecified atom stereocenters. The highest BCUT2D eigenvalue weighted by Crippen LogP contribution is 2.22. The lowest BCUT2D eigenvalue weighted by molar-refractivity contribution is 1.25. The highest BCUT2D eigenvalue weighted by Gasteiger charge is 2.04. The van der Waals surface area contributed by atoms with Gasteiger partial charge in [0.15, 0.2) is 0 Å². The lowest BCUT2D eigenvalue weighted by atomic mass is 10.2. The SMILES string of the molecule is O=c1[nH]c(-c2cccnc2)cc2sccc12. The van der Waals surface area contributed by atoms with E-state index >= 15 is 0 Å². The summed E-state index contributed by atoms with van der Waals surface area (Å²) in [6.07, 6.45) is 3.45. The van der Waals surface area contributed by atoms with Crippen LogP contribution in [0.5, 0.6) is 0 Å². The predicted octanol–water partition coefficient (Wildman–Crippen LogP) is 2.65. The van der Waals surface area contributed by atoms with Gasteiger partial charge in [0.25, 0.3) is 5.56 Å². The van der Waals surface area contributed by atoms with Crippen LogP contribution in [0.15, 0.2) is 46.8 Å². The van der Waals surface area contributed by atoms with Crippen LogP contribution >= 0.6 is 11.3 Å². The number of H-pyrrole nitrogens is 1. The van der Waals surface area contributed by atoms with Crippen molar-refractivity contribution in [2.24, 2.45) is 0 Å². The van der Waals surface area contributed by atoms with Crippen molar-refractivity contribution in [2.75, 3.05) is 0 Å². The highest BCUT2D eigenvalue weighted by molar-refractivity contribution is 7.17. The van der Waals surface area contributed by atoms with Crippen LogP contribution in [-0.2, 0) is 0 Å². The standard InChI is InChI=1S/C12H8N2OS/c15-12-9-3-5-16-11(9)6-10(14-12)8-2-1-4-13-7-8/h1-7H,(H,14,15). The molecule has 0 aliphatic rings. The smallest absolute Gasteiger partial charge is 0.257 e. The van der Waals surface area contributed by atoms with Gasteiger partial charge in [-0.3, -0.25) is 9.78 Å². The molecule has 3 nitrogen and oxygen atoms in total. The Kier molecular flexibility index (Phi) is 2.08. The first-order valence-corrected chi connectivity index (χ1v) is 5.73. The number of nitrogens with one attached hydrogen (secondary N) is 1. The van der Waals surface area contributed by atoms with Crippen molar-refractivity contribution in [2.45, 2.75) is 0 Å². The Morgan fingerprint density at radius 2 is 2.25 bits per heavy atom. The molecule has 0 bridgehead atoms. The maximum Gasteiger partial charge on any atom is 0.257 e. The Balaban J connectivity index is 2.30. The van der Waals surface area contributed by atoms with Crippen LogP contribution in [-0.4, -0.2) is 9.97 Å². The lowest BCUT2D eigenvalue weighted by Gasteiger charge is -2.00. The van der Waals surface area contributed by atoms with Crippen molar-refractivity contribution in [3.63, 3.8) is 0 Å². The van der Waals surface area contributed by atoms with Gasteiger partial charge in [0.2, 0.25) is 0 Å². The molecular weight excluding hydrogens is 220 g/mol. The zero-order valence-corrected chi connectivity index (χ0v) is 9.12. The maximum atomic E-state index is 11.8. The molecule has 16 heavy (non-hydrogen) atoms. The van der Waals surface area contributed by atoms with Gasteiger partial charge in [-0.05, 0) is 29.6 Å². The summed E-state index contributed by atoms with van der Waals surface area (Å²) in [4.78, 5) is 18.7. The van der Waals surface area contributed by atoms with E-state index in [1.165, 1.54) is 0 Å². The fourth-order valence-electron chi connectivity index (χ4n) is 1.65. The summed E-state index contributed by atoms with van der Waals surface area (Å²) in [5.74, 6) is 0. The Labute approximate surface area is 95.4 Å². The number of pyridine rings is 2. The largest absolute Gasteiger partial charge is 0.321 e. The fraction of sp³-hybridized carbons (Fsp3) is 0. The molecular formula is C12H8N2OS. The van der Waals surface area contributed by atoms with E-state index < -0.39 is 0 Å². The molecule has 0 atom stereocenters. The third-order valence-corrected chi connectivity index (χ3v) is 3.30. The number of hydrogen-bond donors (Lipinski definition) is 1. The van der Waals surface area contributed by atoms with Crippen molar-refractivity contribution in [3.8, 4) is 11.3 Å². The van der Waals surface area contributed by atoms with Gasteiger partial charge in [-0.15, -0.1) is 11.3 Å². The van der Waals surface area contributed by atoms with Crippen LogP contribution in [0.3, 0.4) is 0 Å². The first kappa shape index (κ1) is 9.30. The number of aromatic amines is 1. The molecule has 0 aromatic carbocycles. The van der Waals surface area contributed by atoms with E-state index in [9.17, 15) is 4.79 Å². The second-order valence-electron chi connectivity index (χ2n) is 3.45. The molecule has 0 spiro atoms. The van der Waals surface area contributed by atoms with Crippen molar-refractivity contribution >= 4 is 21.4 Å². The summed E-state index contributed by atoms with van der Waals surface area (Å²) >= 11 is 1.57. The van der Waals surface area contributed by atoms with E-state index in [1.54, 1.807) is 23.7 Å². The van der Waals surface area contributed by atoms with Gasteiger partial charge in [-0.25, -0.2) is 0 Å². The van der Waals surface area contributed by atoms with Crippen LogP contribution in [0.25, 0.3) is 21.3 Å². The molecule has 78 valence electrons. The molecule has 3 heterocycles. The van der Waals surface area contributed by atoms with Crippen LogP contribution in [0.1, 0.15) is 0 Å². The summed E-state index contributed by atoms with van der Waals surface area (Å²) in [6.45, 7) is 0. The second kappa shape index (κ2) is 3.57. The van der Waals surface area contributed by atoms with Gasteiger partial charge >= 0.3 is 0 Å². The number of aromatic nitrogens is 2. The summed E-state index contributed by atoms with van der Waals surface area (Å²) in [6, 6.07) is 7.61. The summed E-state index contributed by atoms with van der Waals surface area (Å²) < 4.78 is 1.00. The summed E-state index contributed by atoms with van der Waals surface area (Å²) in [5, 5.41) is 2.67. The quantitative estimate of drug-likeness (QED) is 0.696. The van der Waals surface area contributed by atoms with E-state index in [2.05, 4.69) is 9.97 Å². The van der Waals surface area contributed by atoms with Gasteiger partial charge in [-0.2, -0.15) is 0 Å². The van der Waals surface area contributed by atoms with E-state index in [0.29, 0.717) is 0 Å². The van der Waals surface area contributed by atoms with E-state index in [4.69, 9.17) is 0 Å². The van der Waals surface area contributed by atoms with Crippen molar-refractivity contribution in [3.05, 3.63) is 52.4 Å². The number of hydrogen-bond acceptors (Lipinski definition) is 3. The highest BCUT2D eigenvalue weighted by atomic mass is 32.1. The van der Waals surface area contributed by atoms with E-state index in [0.717, 1.165) is 21.3 Å². The van der Waals surface area contributed by atoms with Gasteiger partial charge in [-0.1, -0.05) is 0 Å². The number of rotatable bonds is 1. The predicted molar refractivity (Wildman–Crippen MR) is 65.7 cm³/mol. The Hall–Kier alpha value is -1.94. The Morgan fingerprint density at radius 1 is 1.31 bits per heavy atom. The third-order valence-electron chi connectivity index (χ3n) is 2.44. The molecule has 0 fully saturated rings. The van der Waals surface area contributed by atoms with Gasteiger partial charge in [0.1, 0.15) is 0 Å². The minimum atomic E-state index is -0.0439. The number of nitrogens with zero attached hydrogens (tertiary/aromatic N) is 1. The average molecular weight is 228 g/mol. The molecule has 0 aliphatic carbocycles. The fourth-order valence-corrected chi connectivity index (χ4v) is 2.48. The maximum absolute atomic E-state index is 11.8. The normalized spacial score (nSPS) is 10.8. The molecule has 3 aromatic rings. The van der Waals surface area contributed by atoms with Gasteiger partial charge in [0, 0.05) is 22.7 Å². The molecule has 3 rings (SSSR count). The van der Waals surface area contributed by atoms with Crippen LogP contribution in [0, 0.1) is 0 Å². The van der Waals surface area contributed by atoms with Crippen molar-refractivity contribution < 1.29 is 0 Å². The average Bonchev–Trinajstić information content (AvgIpc) is 2.79. The molecule has 0 amide bonds. The minimum Gasteiger partial charge on any atom is -0.321 e. The zero-order valence-electron chi connectivity index (χ0n) is 8.31. The number of thiophene rings is 1. The Morgan fingerprint density at radius 3 is 3.06 bits per heavy atom. The number of fused-ring (bicyclic) bond motifs is 1. The lowest BCUT2D eigenvalue weighted by Crippen LogP contribution is -2.05. The molecule has 1 N–H and O–H groups in total. The molecule has 0 aliphatic heterocycles. The topological polar surface area (TPSA) is 45.8 Å². The van der Waals surface area contributed by atoms with E-state index in [1.807, 2.05) is 29.6 Å².